The number of methoxy groups -OCH3 is 1. The Balaban J connectivity index is 1.30. The maximum Gasteiger partial charge on any atom is 0.212 e. The number of piperazine rings is 1. The number of allylic oxidation sites excluding steroid dienone is 1. The van der Waals surface area contributed by atoms with Crippen LogP contribution < -0.4 is 20.3 Å². The summed E-state index contributed by atoms with van der Waals surface area (Å²) in [5.41, 5.74) is 10.7. The van der Waals surface area contributed by atoms with Gasteiger partial charge in [0.15, 0.2) is 0 Å². The summed E-state index contributed by atoms with van der Waals surface area (Å²) in [5, 5.41) is 9.69. The summed E-state index contributed by atoms with van der Waals surface area (Å²) in [6.07, 6.45) is 8.04. The van der Waals surface area contributed by atoms with Crippen molar-refractivity contribution < 1.29 is 4.74 Å². The zero-order chi connectivity index (χ0) is 28.1. The second-order valence-corrected chi connectivity index (χ2v) is 10.5. The Morgan fingerprint density at radius 2 is 1.88 bits per heavy atom. The van der Waals surface area contributed by atoms with Crippen molar-refractivity contribution in [3.63, 3.8) is 0 Å². The van der Waals surface area contributed by atoms with E-state index in [4.69, 9.17) is 20.4 Å². The third-order valence-corrected chi connectivity index (χ3v) is 7.84. The molecule has 2 aliphatic heterocycles. The standard InChI is InChI=1S/C30H37N9O/c1-36(2)25-8-9-39(21-25)26-14-27(30(35-19-26)24(15-31)16-32)23-5-6-28(33-18-23)38-12-10-37(11-13-38)20-22-4-7-29(40-3)34-17-22/h4-7,14-15,17-19,25H,8-13,20-21,31H2,1-3H3. The fourth-order valence-corrected chi connectivity index (χ4v) is 5.38. The van der Waals surface area contributed by atoms with Crippen molar-refractivity contribution >= 4 is 17.1 Å². The van der Waals surface area contributed by atoms with Crippen LogP contribution in [0.5, 0.6) is 5.88 Å². The average Bonchev–Trinajstić information content (AvgIpc) is 3.50. The molecular weight excluding hydrogens is 502 g/mol. The van der Waals surface area contributed by atoms with Crippen LogP contribution in [0.1, 0.15) is 17.7 Å². The maximum atomic E-state index is 9.69. The molecule has 3 aromatic rings. The van der Waals surface area contributed by atoms with Gasteiger partial charge in [-0.1, -0.05) is 6.07 Å². The molecule has 208 valence electrons. The van der Waals surface area contributed by atoms with E-state index in [1.54, 1.807) is 7.11 Å². The number of aromatic nitrogens is 3. The molecule has 2 saturated heterocycles. The quantitative estimate of drug-likeness (QED) is 0.429. The van der Waals surface area contributed by atoms with Gasteiger partial charge in [-0.15, -0.1) is 0 Å². The zero-order valence-corrected chi connectivity index (χ0v) is 23.5. The summed E-state index contributed by atoms with van der Waals surface area (Å²) in [6, 6.07) is 12.9. The molecule has 0 saturated carbocycles. The Bertz CT molecular complexity index is 1360. The predicted molar refractivity (Wildman–Crippen MR) is 158 cm³/mol. The van der Waals surface area contributed by atoms with Crippen molar-refractivity contribution in [2.24, 2.45) is 5.73 Å². The van der Waals surface area contributed by atoms with Crippen molar-refractivity contribution in [2.45, 2.75) is 19.0 Å². The number of nitrogens with zero attached hydrogens (tertiary/aromatic N) is 8. The van der Waals surface area contributed by atoms with Gasteiger partial charge in [0.1, 0.15) is 11.9 Å². The fraction of sp³-hybridized carbons (Fsp3) is 0.400. The first kappa shape index (κ1) is 27.4. The van der Waals surface area contributed by atoms with Crippen LogP contribution in [0, 0.1) is 11.3 Å². The van der Waals surface area contributed by atoms with Crippen LogP contribution in [0.15, 0.2) is 55.1 Å². The molecule has 2 aliphatic rings. The molecular formula is C30H37N9O. The molecule has 10 nitrogen and oxygen atoms in total. The minimum atomic E-state index is 0.349. The van der Waals surface area contributed by atoms with Gasteiger partial charge in [-0.3, -0.25) is 9.88 Å². The maximum absolute atomic E-state index is 9.69. The monoisotopic (exact) mass is 539 g/mol. The second kappa shape index (κ2) is 12.3. The number of likely N-dealkylation sites (N-methyl/N-ethyl adjacent to an activating group) is 1. The highest BCUT2D eigenvalue weighted by molar-refractivity contribution is 5.86. The molecule has 0 bridgehead atoms. The van der Waals surface area contributed by atoms with E-state index >= 15 is 0 Å². The first-order chi connectivity index (χ1) is 19.5. The molecule has 0 spiro atoms. The van der Waals surface area contributed by atoms with Gasteiger partial charge >= 0.3 is 0 Å². The van der Waals surface area contributed by atoms with Crippen LogP contribution in [0.2, 0.25) is 0 Å². The second-order valence-electron chi connectivity index (χ2n) is 10.5. The van der Waals surface area contributed by atoms with Crippen molar-refractivity contribution in [3.8, 4) is 23.1 Å². The van der Waals surface area contributed by atoms with Gasteiger partial charge in [0, 0.05) is 87.6 Å². The van der Waals surface area contributed by atoms with E-state index in [0.29, 0.717) is 23.2 Å². The van der Waals surface area contributed by atoms with E-state index in [1.807, 2.05) is 24.7 Å². The Labute approximate surface area is 236 Å². The minimum absolute atomic E-state index is 0.349. The Kier molecular flexibility index (Phi) is 8.43. The Hall–Kier alpha value is -4.20. The van der Waals surface area contributed by atoms with Crippen LogP contribution >= 0.6 is 0 Å². The number of nitriles is 1. The predicted octanol–water partition coefficient (Wildman–Crippen LogP) is 2.83. The van der Waals surface area contributed by atoms with Crippen molar-refractivity contribution in [1.82, 2.24) is 24.8 Å². The van der Waals surface area contributed by atoms with Crippen LogP contribution in [-0.2, 0) is 6.54 Å². The van der Waals surface area contributed by atoms with Crippen LogP contribution in [-0.4, -0.2) is 91.3 Å². The molecule has 0 radical (unpaired) electrons. The number of hydrogen-bond donors (Lipinski definition) is 1. The lowest BCUT2D eigenvalue weighted by molar-refractivity contribution is 0.249. The lowest BCUT2D eigenvalue weighted by Gasteiger charge is -2.35. The first-order valence-corrected chi connectivity index (χ1v) is 13.7. The van der Waals surface area contributed by atoms with E-state index in [2.05, 4.69) is 69.0 Å². The number of nitrogens with two attached hydrogens (primary N) is 1. The van der Waals surface area contributed by atoms with Gasteiger partial charge in [0.05, 0.1) is 30.3 Å². The lowest BCUT2D eigenvalue weighted by Crippen LogP contribution is -2.46. The minimum Gasteiger partial charge on any atom is -0.481 e. The van der Waals surface area contributed by atoms with Gasteiger partial charge in [0.2, 0.25) is 5.88 Å². The van der Waals surface area contributed by atoms with E-state index in [1.165, 1.54) is 11.8 Å². The third kappa shape index (κ3) is 6.01. The molecule has 3 aromatic heterocycles. The molecule has 1 unspecified atom stereocenters. The van der Waals surface area contributed by atoms with Crippen LogP contribution in [0.25, 0.3) is 16.7 Å². The number of hydrogen-bond acceptors (Lipinski definition) is 10. The molecule has 0 aliphatic carbocycles. The fourth-order valence-electron chi connectivity index (χ4n) is 5.38. The first-order valence-electron chi connectivity index (χ1n) is 13.7. The van der Waals surface area contributed by atoms with Gasteiger partial charge in [-0.05, 0) is 44.3 Å². The molecule has 40 heavy (non-hydrogen) atoms. The average molecular weight is 540 g/mol. The topological polar surface area (TPSA) is 111 Å². The van der Waals surface area contributed by atoms with Crippen LogP contribution in [0.4, 0.5) is 11.5 Å². The summed E-state index contributed by atoms with van der Waals surface area (Å²) in [6.45, 7) is 6.47. The van der Waals surface area contributed by atoms with Gasteiger partial charge in [-0.2, -0.15) is 5.26 Å². The highest BCUT2D eigenvalue weighted by Crippen LogP contribution is 2.32. The Morgan fingerprint density at radius 1 is 1.05 bits per heavy atom. The molecule has 0 amide bonds. The number of ether oxygens (including phenoxy) is 1. The molecule has 5 heterocycles. The summed E-state index contributed by atoms with van der Waals surface area (Å²) < 4.78 is 5.16. The smallest absolute Gasteiger partial charge is 0.212 e. The summed E-state index contributed by atoms with van der Waals surface area (Å²) in [5.74, 6) is 1.58. The Morgan fingerprint density at radius 3 is 2.48 bits per heavy atom. The molecule has 0 aromatic carbocycles. The highest BCUT2D eigenvalue weighted by Gasteiger charge is 2.26. The summed E-state index contributed by atoms with van der Waals surface area (Å²) in [4.78, 5) is 23.2. The van der Waals surface area contributed by atoms with Crippen molar-refractivity contribution in [2.75, 3.05) is 70.3 Å². The SMILES string of the molecule is COc1ccc(CN2CCN(c3ccc(-c4cc(N5CCC(N(C)C)C5)cnc4C(C#N)=CN)cn3)CC2)cn1. The molecule has 1 atom stereocenters. The van der Waals surface area contributed by atoms with Gasteiger partial charge in [0.25, 0.3) is 0 Å². The van der Waals surface area contributed by atoms with E-state index in [0.717, 1.165) is 74.9 Å². The van der Waals surface area contributed by atoms with Crippen molar-refractivity contribution in [3.05, 3.63) is 66.4 Å². The van der Waals surface area contributed by atoms with Crippen LogP contribution in [0.3, 0.4) is 0 Å². The lowest BCUT2D eigenvalue weighted by atomic mass is 10.0. The summed E-state index contributed by atoms with van der Waals surface area (Å²) in [7, 11) is 5.87. The zero-order valence-electron chi connectivity index (χ0n) is 23.5. The van der Waals surface area contributed by atoms with E-state index in [9.17, 15) is 5.26 Å². The van der Waals surface area contributed by atoms with E-state index in [-0.39, 0.29) is 0 Å². The highest BCUT2D eigenvalue weighted by atomic mass is 16.5. The van der Waals surface area contributed by atoms with Gasteiger partial charge < -0.3 is 25.2 Å². The van der Waals surface area contributed by atoms with Crippen molar-refractivity contribution in [1.29, 1.82) is 5.26 Å². The van der Waals surface area contributed by atoms with Gasteiger partial charge in [-0.25, -0.2) is 9.97 Å². The number of pyridine rings is 3. The normalized spacial score (nSPS) is 18.3. The summed E-state index contributed by atoms with van der Waals surface area (Å²) >= 11 is 0. The molecule has 2 fully saturated rings. The molecule has 2 N–H and O–H groups in total. The largest absolute Gasteiger partial charge is 0.481 e. The molecule has 5 rings (SSSR count). The van der Waals surface area contributed by atoms with E-state index < -0.39 is 0 Å². The molecule has 10 heteroatoms. The number of rotatable bonds is 8. The number of anilines is 2. The third-order valence-electron chi connectivity index (χ3n) is 7.84.